The molecule has 1 aromatic heterocycles. The fourth-order valence-electron chi connectivity index (χ4n) is 3.34. The van der Waals surface area contributed by atoms with E-state index >= 15 is 0 Å². The quantitative estimate of drug-likeness (QED) is 0.165. The molecule has 0 radical (unpaired) electrons. The molecule has 0 aliphatic carbocycles. The number of H-pyrrole nitrogens is 1. The molecule has 0 aliphatic rings. The number of nitrogens with one attached hydrogen (secondary N) is 2. The maximum absolute atomic E-state index is 12.8. The molecular formula is C24H30N10O. The molecular weight excluding hydrogens is 444 g/mol. The topological polar surface area (TPSA) is 198 Å². The van der Waals surface area contributed by atoms with Gasteiger partial charge in [-0.15, -0.1) is 10.2 Å². The lowest BCUT2D eigenvalue weighted by atomic mass is 9.99. The number of nitrogens with zero attached hydrogens (tertiary/aromatic N) is 4. The molecule has 1 amide bonds. The molecule has 2 aromatic carbocycles. The van der Waals surface area contributed by atoms with E-state index in [1.807, 2.05) is 30.3 Å². The summed E-state index contributed by atoms with van der Waals surface area (Å²) in [6.07, 6.45) is 0.701. The Balaban J connectivity index is 1.80. The van der Waals surface area contributed by atoms with Crippen molar-refractivity contribution in [3.8, 4) is 0 Å². The molecule has 11 nitrogen and oxygen atoms in total. The second-order valence-corrected chi connectivity index (χ2v) is 8.40. The smallest absolute Gasteiger partial charge is 0.272 e. The Morgan fingerprint density at radius 1 is 0.886 bits per heavy atom. The van der Waals surface area contributed by atoms with Gasteiger partial charge in [-0.05, 0) is 60.7 Å². The van der Waals surface area contributed by atoms with E-state index in [1.165, 1.54) is 0 Å². The number of fused-ring (bicyclic) bond motifs is 1. The molecule has 0 saturated carbocycles. The molecule has 11 heteroatoms. The summed E-state index contributed by atoms with van der Waals surface area (Å²) in [5.41, 5.74) is 26.5. The highest BCUT2D eigenvalue weighted by molar-refractivity contribution is 6.08. The van der Waals surface area contributed by atoms with E-state index in [2.05, 4.69) is 44.6 Å². The standard InChI is InChI=1S/C24H30N10O/c1-13(2)10-20(32-34-24(27)28)16-6-9-19-17(11-16)12-21(30-19)22(35)29-18-7-4-15(5-8-18)14(3)31-33-23(25)26/h4-9,11-13,30H,10H2,1-3H3,(H,29,35)(H4,25,26,33)(H4,27,28,34). The Bertz CT molecular complexity index is 1320. The number of hydrogen-bond donors (Lipinski definition) is 6. The predicted molar refractivity (Wildman–Crippen MR) is 143 cm³/mol. The fourth-order valence-corrected chi connectivity index (χ4v) is 3.34. The van der Waals surface area contributed by atoms with Gasteiger partial charge in [0.1, 0.15) is 5.69 Å². The molecule has 0 bridgehead atoms. The summed E-state index contributed by atoms with van der Waals surface area (Å²) < 4.78 is 0. The van der Waals surface area contributed by atoms with E-state index in [1.54, 1.807) is 25.1 Å². The zero-order chi connectivity index (χ0) is 25.5. The number of rotatable bonds is 8. The van der Waals surface area contributed by atoms with Gasteiger partial charge in [0.15, 0.2) is 0 Å². The summed E-state index contributed by atoms with van der Waals surface area (Å²) in [5, 5.41) is 19.4. The van der Waals surface area contributed by atoms with E-state index < -0.39 is 0 Å². The monoisotopic (exact) mass is 474 g/mol. The van der Waals surface area contributed by atoms with Crippen molar-refractivity contribution in [1.82, 2.24) is 4.98 Å². The summed E-state index contributed by atoms with van der Waals surface area (Å²) >= 11 is 0. The molecule has 0 aliphatic heterocycles. The van der Waals surface area contributed by atoms with Gasteiger partial charge in [0.05, 0.1) is 11.4 Å². The van der Waals surface area contributed by atoms with Crippen molar-refractivity contribution in [2.75, 3.05) is 5.32 Å². The van der Waals surface area contributed by atoms with Crippen LogP contribution in [0.25, 0.3) is 10.9 Å². The molecule has 182 valence electrons. The van der Waals surface area contributed by atoms with Gasteiger partial charge in [0.25, 0.3) is 5.91 Å². The van der Waals surface area contributed by atoms with Crippen LogP contribution in [-0.2, 0) is 0 Å². The van der Waals surface area contributed by atoms with Crippen molar-refractivity contribution in [3.63, 3.8) is 0 Å². The zero-order valence-electron chi connectivity index (χ0n) is 19.9. The van der Waals surface area contributed by atoms with E-state index in [9.17, 15) is 4.79 Å². The number of guanidine groups is 2. The fraction of sp³-hybridized carbons (Fsp3) is 0.208. The van der Waals surface area contributed by atoms with Crippen LogP contribution < -0.4 is 28.3 Å². The van der Waals surface area contributed by atoms with E-state index in [0.29, 0.717) is 29.4 Å². The third-order valence-electron chi connectivity index (χ3n) is 4.96. The number of nitrogens with two attached hydrogens (primary N) is 4. The Labute approximate surface area is 203 Å². The minimum absolute atomic E-state index is 0.0998. The number of carbonyl (C=O) groups excluding carboxylic acids is 1. The van der Waals surface area contributed by atoms with Crippen molar-refractivity contribution in [2.45, 2.75) is 27.2 Å². The van der Waals surface area contributed by atoms with Crippen LogP contribution in [-0.4, -0.2) is 34.2 Å². The molecule has 3 aromatic rings. The maximum Gasteiger partial charge on any atom is 0.272 e. The first-order valence-corrected chi connectivity index (χ1v) is 11.0. The van der Waals surface area contributed by atoms with Crippen molar-refractivity contribution in [3.05, 3.63) is 65.4 Å². The first kappa shape index (κ1) is 25.0. The summed E-state index contributed by atoms with van der Waals surface area (Å²) in [5.74, 6) is -0.120. The lowest BCUT2D eigenvalue weighted by Crippen LogP contribution is -2.22. The lowest BCUT2D eigenvalue weighted by Gasteiger charge is -2.08. The maximum atomic E-state index is 12.8. The zero-order valence-corrected chi connectivity index (χ0v) is 19.9. The van der Waals surface area contributed by atoms with Crippen molar-refractivity contribution < 1.29 is 4.79 Å². The highest BCUT2D eigenvalue weighted by atomic mass is 16.1. The number of benzene rings is 2. The average Bonchev–Trinajstić information content (AvgIpc) is 3.24. The molecule has 35 heavy (non-hydrogen) atoms. The lowest BCUT2D eigenvalue weighted by molar-refractivity contribution is 0.102. The summed E-state index contributed by atoms with van der Waals surface area (Å²) in [4.78, 5) is 16.0. The molecule has 1 heterocycles. The van der Waals surface area contributed by atoms with Gasteiger partial charge >= 0.3 is 0 Å². The summed E-state index contributed by atoms with van der Waals surface area (Å²) in [7, 11) is 0. The second kappa shape index (κ2) is 11.0. The van der Waals surface area contributed by atoms with Crippen molar-refractivity contribution in [2.24, 2.45) is 49.3 Å². The van der Waals surface area contributed by atoms with Crippen molar-refractivity contribution >= 4 is 45.8 Å². The SMILES string of the molecule is CC(=NN=C(N)N)c1ccc(NC(=O)c2cc3cc(C(CC(C)C)=NN=C(N)N)ccc3[nH]2)cc1. The van der Waals surface area contributed by atoms with Gasteiger partial charge in [-0.25, -0.2) is 0 Å². The third-order valence-corrected chi connectivity index (χ3v) is 4.96. The van der Waals surface area contributed by atoms with Gasteiger partial charge in [-0.2, -0.15) is 10.2 Å². The Morgan fingerprint density at radius 2 is 1.51 bits per heavy atom. The van der Waals surface area contributed by atoms with Crippen LogP contribution in [0.3, 0.4) is 0 Å². The van der Waals surface area contributed by atoms with Gasteiger partial charge in [0.2, 0.25) is 11.9 Å². The first-order valence-electron chi connectivity index (χ1n) is 11.0. The third kappa shape index (κ3) is 6.90. The predicted octanol–water partition coefficient (Wildman–Crippen LogP) is 2.44. The number of amides is 1. The minimum atomic E-state index is -0.266. The van der Waals surface area contributed by atoms with Gasteiger partial charge in [-0.3, -0.25) is 4.79 Å². The molecule has 0 atom stereocenters. The van der Waals surface area contributed by atoms with Crippen LogP contribution >= 0.6 is 0 Å². The van der Waals surface area contributed by atoms with Crippen LogP contribution in [0.2, 0.25) is 0 Å². The highest BCUT2D eigenvalue weighted by Crippen LogP contribution is 2.21. The normalized spacial score (nSPS) is 12.0. The van der Waals surface area contributed by atoms with Crippen LogP contribution in [0.5, 0.6) is 0 Å². The number of aromatic nitrogens is 1. The minimum Gasteiger partial charge on any atom is -0.369 e. The number of carbonyl (C=O) groups is 1. The van der Waals surface area contributed by atoms with Crippen LogP contribution in [0.4, 0.5) is 5.69 Å². The molecule has 10 N–H and O–H groups in total. The second-order valence-electron chi connectivity index (χ2n) is 8.40. The first-order chi connectivity index (χ1) is 16.6. The Hall–Kier alpha value is -4.67. The van der Waals surface area contributed by atoms with Crippen molar-refractivity contribution in [1.29, 1.82) is 0 Å². The Kier molecular flexibility index (Phi) is 7.82. The van der Waals surface area contributed by atoms with Gasteiger partial charge in [-0.1, -0.05) is 32.0 Å². The van der Waals surface area contributed by atoms with E-state index in [0.717, 1.165) is 27.7 Å². The summed E-state index contributed by atoms with van der Waals surface area (Å²) in [6.45, 7) is 5.97. The molecule has 0 saturated heterocycles. The van der Waals surface area contributed by atoms with Crippen LogP contribution in [0.1, 0.15) is 48.8 Å². The molecule has 0 spiro atoms. The van der Waals surface area contributed by atoms with Crippen LogP contribution in [0.15, 0.2) is 68.9 Å². The highest BCUT2D eigenvalue weighted by Gasteiger charge is 2.13. The average molecular weight is 475 g/mol. The van der Waals surface area contributed by atoms with E-state index in [-0.39, 0.29) is 17.8 Å². The van der Waals surface area contributed by atoms with Gasteiger partial charge < -0.3 is 33.2 Å². The number of aromatic amines is 1. The largest absolute Gasteiger partial charge is 0.369 e. The van der Waals surface area contributed by atoms with Gasteiger partial charge in [0, 0.05) is 16.6 Å². The number of hydrogen-bond acceptors (Lipinski definition) is 5. The summed E-state index contributed by atoms with van der Waals surface area (Å²) in [6, 6.07) is 14.8. The molecule has 3 rings (SSSR count). The van der Waals surface area contributed by atoms with Crippen LogP contribution in [0, 0.1) is 5.92 Å². The Morgan fingerprint density at radius 3 is 2.14 bits per heavy atom. The number of anilines is 1. The molecule has 0 fully saturated rings. The van der Waals surface area contributed by atoms with E-state index in [4.69, 9.17) is 22.9 Å². The molecule has 0 unspecified atom stereocenters.